The van der Waals surface area contributed by atoms with E-state index in [0.717, 1.165) is 4.31 Å². The zero-order valence-corrected chi connectivity index (χ0v) is 20.4. The Morgan fingerprint density at radius 1 is 1.19 bits per heavy atom. The minimum Gasteiger partial charge on any atom is -0.497 e. The molecule has 0 saturated carbocycles. The molecule has 1 aromatic carbocycles. The first-order chi connectivity index (χ1) is 14.2. The molecule has 0 amide bonds. The summed E-state index contributed by atoms with van der Waals surface area (Å²) in [7, 11) is -5.95. The molecule has 2 rings (SSSR count). The predicted octanol–water partition coefficient (Wildman–Crippen LogP) is 1.46. The maximum atomic E-state index is 13.5. The summed E-state index contributed by atoms with van der Waals surface area (Å²) in [5.74, 6) is -0.729. The minimum absolute atomic E-state index is 0.116. The number of rotatable bonds is 7. The van der Waals surface area contributed by atoms with Gasteiger partial charge in [-0.1, -0.05) is 0 Å². The number of carbonyl (C=O) groups excluding carboxylic acids is 1. The number of sulfonamides is 1. The lowest BCUT2D eigenvalue weighted by molar-refractivity contribution is -0.160. The molecule has 31 heavy (non-hydrogen) atoms. The van der Waals surface area contributed by atoms with E-state index in [4.69, 9.17) is 14.2 Å². The van der Waals surface area contributed by atoms with Crippen LogP contribution in [0, 0.1) is 13.8 Å². The van der Waals surface area contributed by atoms with E-state index < -0.39 is 44.1 Å². The Balaban J connectivity index is 2.27. The zero-order valence-electron chi connectivity index (χ0n) is 18.8. The monoisotopic (exact) mass is 477 g/mol. The third-order valence-electron chi connectivity index (χ3n) is 4.66. The average Bonchev–Trinajstić information content (AvgIpc) is 2.58. The maximum Gasteiger partial charge on any atom is 0.332 e. The van der Waals surface area contributed by atoms with Crippen molar-refractivity contribution in [1.29, 1.82) is 0 Å². The van der Waals surface area contributed by atoms with Gasteiger partial charge in [0.15, 0.2) is 9.84 Å². The first-order valence-electron chi connectivity index (χ1n) is 9.83. The summed E-state index contributed by atoms with van der Waals surface area (Å²) in [6.45, 7) is 7.64. The molecule has 0 unspecified atom stereocenters. The van der Waals surface area contributed by atoms with Crippen LogP contribution < -0.4 is 4.74 Å². The van der Waals surface area contributed by atoms with Crippen LogP contribution in [0.2, 0.25) is 0 Å². The molecule has 0 bridgehead atoms. The second-order valence-electron chi connectivity index (χ2n) is 8.58. The number of carbonyl (C=O) groups is 1. The van der Waals surface area contributed by atoms with Crippen LogP contribution >= 0.6 is 0 Å². The van der Waals surface area contributed by atoms with Crippen molar-refractivity contribution in [3.63, 3.8) is 0 Å². The van der Waals surface area contributed by atoms with E-state index in [-0.39, 0.29) is 29.6 Å². The molecule has 0 spiro atoms. The third-order valence-corrected chi connectivity index (χ3v) is 8.62. The number of methoxy groups -OCH3 is 1. The molecule has 0 radical (unpaired) electrons. The summed E-state index contributed by atoms with van der Waals surface area (Å²) in [6.07, 6.45) is 0. The Bertz CT molecular complexity index is 1000. The molecular formula is C20H31NO8S2. The fourth-order valence-corrected chi connectivity index (χ4v) is 7.26. The minimum atomic E-state index is -4.01. The van der Waals surface area contributed by atoms with E-state index in [0.29, 0.717) is 16.9 Å². The van der Waals surface area contributed by atoms with Gasteiger partial charge in [-0.15, -0.1) is 0 Å². The van der Waals surface area contributed by atoms with Gasteiger partial charge in [0.25, 0.3) is 0 Å². The Kier molecular flexibility index (Phi) is 7.78. The van der Waals surface area contributed by atoms with Gasteiger partial charge in [0.2, 0.25) is 10.0 Å². The highest BCUT2D eigenvalue weighted by atomic mass is 32.2. The van der Waals surface area contributed by atoms with Crippen LogP contribution in [0.3, 0.4) is 0 Å². The van der Waals surface area contributed by atoms with Crippen molar-refractivity contribution >= 4 is 25.8 Å². The number of esters is 1. The Morgan fingerprint density at radius 3 is 2.29 bits per heavy atom. The quantitative estimate of drug-likeness (QED) is 0.542. The lowest BCUT2D eigenvalue weighted by Gasteiger charge is -2.35. The molecule has 0 aromatic heterocycles. The van der Waals surface area contributed by atoms with Gasteiger partial charge in [-0.2, -0.15) is 4.31 Å². The number of benzene rings is 1. The highest BCUT2D eigenvalue weighted by Gasteiger charge is 2.40. The molecule has 0 N–H and O–H groups in total. The van der Waals surface area contributed by atoms with Crippen molar-refractivity contribution < 1.29 is 35.8 Å². The number of hydrogen-bond acceptors (Lipinski definition) is 8. The van der Waals surface area contributed by atoms with E-state index >= 15 is 0 Å². The average molecular weight is 478 g/mol. The summed E-state index contributed by atoms with van der Waals surface area (Å²) < 4.78 is 68.2. The number of nitrogens with zero attached hydrogens (tertiary/aromatic N) is 1. The summed E-state index contributed by atoms with van der Waals surface area (Å²) in [5.41, 5.74) is 0.311. The number of ether oxygens (including phenoxy) is 3. The largest absolute Gasteiger partial charge is 0.497 e. The zero-order chi connectivity index (χ0) is 23.6. The fraction of sp³-hybridized carbons (Fsp3) is 0.650. The number of sulfone groups is 1. The molecule has 9 nitrogen and oxygen atoms in total. The number of aryl methyl sites for hydroxylation is 2. The van der Waals surface area contributed by atoms with Crippen molar-refractivity contribution in [2.45, 2.75) is 51.2 Å². The summed E-state index contributed by atoms with van der Waals surface area (Å²) in [4.78, 5) is 12.0. The van der Waals surface area contributed by atoms with Gasteiger partial charge in [0, 0.05) is 6.54 Å². The van der Waals surface area contributed by atoms with E-state index in [2.05, 4.69) is 0 Å². The van der Waals surface area contributed by atoms with Gasteiger partial charge in [0.05, 0.1) is 36.2 Å². The molecule has 176 valence electrons. The van der Waals surface area contributed by atoms with Gasteiger partial charge in [-0.05, 0) is 57.9 Å². The van der Waals surface area contributed by atoms with Crippen LogP contribution in [0.4, 0.5) is 0 Å². The second-order valence-corrected chi connectivity index (χ2v) is 12.6. The maximum absolute atomic E-state index is 13.5. The molecule has 1 fully saturated rings. The van der Waals surface area contributed by atoms with E-state index in [1.807, 2.05) is 0 Å². The molecule has 1 heterocycles. The van der Waals surface area contributed by atoms with Crippen molar-refractivity contribution in [3.05, 3.63) is 23.3 Å². The first kappa shape index (κ1) is 25.6. The molecule has 1 aliphatic rings. The first-order valence-corrected chi connectivity index (χ1v) is 13.1. The predicted molar refractivity (Wildman–Crippen MR) is 115 cm³/mol. The SMILES string of the molecule is COc1cc(C)c(S(=O)(=O)N2CCS(=O)(=O)C[C@H]2COCC(=O)OC(C)(C)C)c(C)c1. The molecule has 11 heteroatoms. The number of hydrogen-bond donors (Lipinski definition) is 0. The Hall–Kier alpha value is -1.69. The smallest absolute Gasteiger partial charge is 0.332 e. The van der Waals surface area contributed by atoms with Crippen LogP contribution in [0.5, 0.6) is 5.75 Å². The molecule has 0 aliphatic carbocycles. The standard InChI is InChI=1S/C20H31NO8S2/c1-14-9-17(27-6)10-15(2)19(14)31(25,26)21-7-8-30(23,24)13-16(21)11-28-12-18(22)29-20(3,4)5/h9-10,16H,7-8,11-13H2,1-6H3/t16-/m1/s1. The second kappa shape index (κ2) is 9.43. The highest BCUT2D eigenvalue weighted by molar-refractivity contribution is 7.92. The Morgan fingerprint density at radius 2 is 1.77 bits per heavy atom. The van der Waals surface area contributed by atoms with Crippen molar-refractivity contribution in [2.75, 3.05) is 38.4 Å². The third kappa shape index (κ3) is 6.64. The molecule has 1 aliphatic heterocycles. The van der Waals surface area contributed by atoms with E-state index in [1.165, 1.54) is 7.11 Å². The van der Waals surface area contributed by atoms with Crippen LogP contribution in [-0.4, -0.2) is 77.1 Å². The molecule has 1 aromatic rings. The van der Waals surface area contributed by atoms with Crippen LogP contribution in [-0.2, 0) is 34.1 Å². The Labute approximate surface area is 184 Å². The fourth-order valence-electron chi connectivity index (χ4n) is 3.52. The van der Waals surface area contributed by atoms with Crippen LogP contribution in [0.25, 0.3) is 0 Å². The van der Waals surface area contributed by atoms with Crippen LogP contribution in [0.15, 0.2) is 17.0 Å². The molecular weight excluding hydrogens is 446 g/mol. The van der Waals surface area contributed by atoms with E-state index in [1.54, 1.807) is 46.8 Å². The lowest BCUT2D eigenvalue weighted by atomic mass is 10.1. The van der Waals surface area contributed by atoms with Gasteiger partial charge < -0.3 is 14.2 Å². The molecule has 1 saturated heterocycles. The van der Waals surface area contributed by atoms with Crippen molar-refractivity contribution in [2.24, 2.45) is 0 Å². The van der Waals surface area contributed by atoms with Gasteiger partial charge in [0.1, 0.15) is 18.0 Å². The van der Waals surface area contributed by atoms with Crippen molar-refractivity contribution in [1.82, 2.24) is 4.31 Å². The summed E-state index contributed by atoms with van der Waals surface area (Å²) >= 11 is 0. The lowest BCUT2D eigenvalue weighted by Crippen LogP contribution is -2.53. The van der Waals surface area contributed by atoms with Gasteiger partial charge in [-0.25, -0.2) is 21.6 Å². The summed E-state index contributed by atoms with van der Waals surface area (Å²) in [5, 5.41) is 0. The van der Waals surface area contributed by atoms with Crippen LogP contribution in [0.1, 0.15) is 31.9 Å². The molecule has 1 atom stereocenters. The summed E-state index contributed by atoms with van der Waals surface area (Å²) in [6, 6.07) is 2.29. The normalized spacial score (nSPS) is 19.7. The van der Waals surface area contributed by atoms with Gasteiger partial charge in [-0.3, -0.25) is 0 Å². The highest BCUT2D eigenvalue weighted by Crippen LogP contribution is 2.30. The van der Waals surface area contributed by atoms with Crippen molar-refractivity contribution in [3.8, 4) is 5.75 Å². The topological polar surface area (TPSA) is 116 Å². The van der Waals surface area contributed by atoms with Gasteiger partial charge >= 0.3 is 5.97 Å². The van der Waals surface area contributed by atoms with E-state index in [9.17, 15) is 21.6 Å².